The van der Waals surface area contributed by atoms with E-state index < -0.39 is 17.9 Å². The van der Waals surface area contributed by atoms with Gasteiger partial charge in [0.1, 0.15) is 11.8 Å². The number of halogens is 1. The summed E-state index contributed by atoms with van der Waals surface area (Å²) in [6, 6.07) is 4.28. The number of carbonyl (C=O) groups is 3. The van der Waals surface area contributed by atoms with Gasteiger partial charge in [-0.1, -0.05) is 90.9 Å². The Bertz CT molecular complexity index is 993. The van der Waals surface area contributed by atoms with E-state index in [-0.39, 0.29) is 17.4 Å². The molecule has 1 aliphatic rings. The molecule has 1 heterocycles. The summed E-state index contributed by atoms with van der Waals surface area (Å²) >= 11 is 8.98. The molecule has 1 saturated heterocycles. The Morgan fingerprint density at radius 2 is 1.55 bits per heavy atom. The molecule has 0 radical (unpaired) electrons. The molecule has 0 spiro atoms. The first-order chi connectivity index (χ1) is 20.4. The maximum atomic E-state index is 13.0. The van der Waals surface area contributed by atoms with Gasteiger partial charge in [-0.25, -0.2) is 0 Å². The van der Waals surface area contributed by atoms with E-state index in [1.807, 2.05) is 0 Å². The largest absolute Gasteiger partial charge is 0.492 e. The standard InChI is InChI=1S/C32H50BrN3O5S/c1-3-5-7-9-10-11-12-13-14-16-22-41-29(37)24-27-31(39)34-19-20-36(27)32(42)35-30(38)25-17-18-28(26(33)23-25)40-21-15-8-6-4-2/h17-18,23,27H,3-16,19-22,24H2,1-2H3,(H,34,39)(H,35,38,42). The van der Waals surface area contributed by atoms with E-state index in [1.54, 1.807) is 23.1 Å². The number of amides is 2. The second kappa shape index (κ2) is 21.5. The van der Waals surface area contributed by atoms with Gasteiger partial charge in [-0.2, -0.15) is 0 Å². The third-order valence-corrected chi connectivity index (χ3v) is 8.34. The third-order valence-electron chi connectivity index (χ3n) is 7.38. The molecule has 1 unspecified atom stereocenters. The summed E-state index contributed by atoms with van der Waals surface area (Å²) < 4.78 is 11.9. The van der Waals surface area contributed by atoms with Crippen LogP contribution in [-0.4, -0.2) is 60.1 Å². The molecule has 0 aromatic heterocycles. The van der Waals surface area contributed by atoms with Crippen molar-refractivity contribution in [3.63, 3.8) is 0 Å². The first-order valence-corrected chi connectivity index (χ1v) is 17.0. The van der Waals surface area contributed by atoms with E-state index in [0.29, 0.717) is 42.1 Å². The van der Waals surface area contributed by atoms with Gasteiger partial charge in [-0.3, -0.25) is 19.7 Å². The van der Waals surface area contributed by atoms with Crippen molar-refractivity contribution < 1.29 is 23.9 Å². The number of unbranched alkanes of at least 4 members (excludes halogenated alkanes) is 12. The Morgan fingerprint density at radius 1 is 0.952 bits per heavy atom. The maximum Gasteiger partial charge on any atom is 0.308 e. The molecule has 1 atom stereocenters. The zero-order chi connectivity index (χ0) is 30.6. The maximum absolute atomic E-state index is 13.0. The topological polar surface area (TPSA) is 97.0 Å². The summed E-state index contributed by atoms with van der Waals surface area (Å²) in [6.07, 6.45) is 16.3. The Labute approximate surface area is 266 Å². The number of benzene rings is 1. The van der Waals surface area contributed by atoms with Crippen LogP contribution in [0, 0.1) is 0 Å². The number of nitrogens with one attached hydrogen (secondary N) is 2. The third kappa shape index (κ3) is 13.8. The van der Waals surface area contributed by atoms with Gasteiger partial charge in [-0.05, 0) is 59.2 Å². The van der Waals surface area contributed by atoms with Crippen LogP contribution >= 0.6 is 28.1 Å². The van der Waals surface area contributed by atoms with Crippen molar-refractivity contribution in [2.24, 2.45) is 0 Å². The number of nitrogens with zero attached hydrogens (tertiary/aromatic N) is 1. The molecule has 236 valence electrons. The average Bonchev–Trinajstić information content (AvgIpc) is 2.97. The molecular formula is C32H50BrN3O5S. The fourth-order valence-electron chi connectivity index (χ4n) is 4.86. The quantitative estimate of drug-likeness (QED) is 0.0871. The number of hydrogen-bond acceptors (Lipinski definition) is 6. The number of esters is 1. The van der Waals surface area contributed by atoms with E-state index >= 15 is 0 Å². The Kier molecular flexibility index (Phi) is 18.4. The molecule has 2 amide bonds. The van der Waals surface area contributed by atoms with E-state index in [1.165, 1.54) is 57.8 Å². The van der Waals surface area contributed by atoms with Crippen LogP contribution in [-0.2, 0) is 14.3 Å². The second-order valence-electron chi connectivity index (χ2n) is 10.9. The lowest BCUT2D eigenvalue weighted by molar-refractivity contribution is -0.147. The van der Waals surface area contributed by atoms with E-state index in [2.05, 4.69) is 40.4 Å². The van der Waals surface area contributed by atoms with Gasteiger partial charge in [0, 0.05) is 18.7 Å². The summed E-state index contributed by atoms with van der Waals surface area (Å²) in [4.78, 5) is 39.7. The molecule has 0 aliphatic carbocycles. The van der Waals surface area contributed by atoms with Gasteiger partial charge >= 0.3 is 5.97 Å². The lowest BCUT2D eigenvalue weighted by Crippen LogP contribution is -2.60. The van der Waals surface area contributed by atoms with Crippen molar-refractivity contribution in [1.82, 2.24) is 15.5 Å². The summed E-state index contributed by atoms with van der Waals surface area (Å²) in [5.74, 6) is -0.476. The molecule has 1 aliphatic heterocycles. The molecule has 1 fully saturated rings. The first-order valence-electron chi connectivity index (χ1n) is 15.8. The molecule has 10 heteroatoms. The highest BCUT2D eigenvalue weighted by atomic mass is 79.9. The number of hydrogen-bond donors (Lipinski definition) is 2. The zero-order valence-corrected chi connectivity index (χ0v) is 27.9. The first kappa shape index (κ1) is 36.0. The highest BCUT2D eigenvalue weighted by molar-refractivity contribution is 9.10. The molecule has 1 aromatic carbocycles. The van der Waals surface area contributed by atoms with Crippen LogP contribution < -0.4 is 15.4 Å². The minimum absolute atomic E-state index is 0.106. The minimum Gasteiger partial charge on any atom is -0.492 e. The Balaban J connectivity index is 1.76. The van der Waals surface area contributed by atoms with Gasteiger partial charge in [0.15, 0.2) is 5.11 Å². The summed E-state index contributed by atoms with van der Waals surface area (Å²) in [5, 5.41) is 5.60. The summed E-state index contributed by atoms with van der Waals surface area (Å²) in [7, 11) is 0. The molecular weight excluding hydrogens is 618 g/mol. The van der Waals surface area contributed by atoms with Gasteiger partial charge < -0.3 is 19.7 Å². The van der Waals surface area contributed by atoms with Crippen molar-refractivity contribution in [3.8, 4) is 5.75 Å². The van der Waals surface area contributed by atoms with Crippen LogP contribution in [0.1, 0.15) is 121 Å². The molecule has 42 heavy (non-hydrogen) atoms. The molecule has 1 aromatic rings. The number of piperazine rings is 1. The minimum atomic E-state index is -0.832. The van der Waals surface area contributed by atoms with Crippen molar-refractivity contribution in [1.29, 1.82) is 0 Å². The smallest absolute Gasteiger partial charge is 0.308 e. The highest BCUT2D eigenvalue weighted by Gasteiger charge is 2.34. The second-order valence-corrected chi connectivity index (χ2v) is 12.2. The van der Waals surface area contributed by atoms with Crippen LogP contribution in [0.3, 0.4) is 0 Å². The van der Waals surface area contributed by atoms with Gasteiger partial charge in [0.05, 0.1) is 24.1 Å². The monoisotopic (exact) mass is 667 g/mol. The molecule has 2 N–H and O–H groups in total. The summed E-state index contributed by atoms with van der Waals surface area (Å²) in [6.45, 7) is 6.12. The van der Waals surface area contributed by atoms with Crippen molar-refractivity contribution in [2.45, 2.75) is 116 Å². The molecule has 0 saturated carbocycles. The predicted molar refractivity (Wildman–Crippen MR) is 175 cm³/mol. The van der Waals surface area contributed by atoms with E-state index in [0.717, 1.165) is 32.1 Å². The number of ether oxygens (including phenoxy) is 2. The Hall–Kier alpha value is -2.20. The molecule has 0 bridgehead atoms. The lowest BCUT2D eigenvalue weighted by Gasteiger charge is -2.36. The lowest BCUT2D eigenvalue weighted by atomic mass is 10.1. The van der Waals surface area contributed by atoms with E-state index in [9.17, 15) is 14.4 Å². The Morgan fingerprint density at radius 3 is 2.19 bits per heavy atom. The van der Waals surface area contributed by atoms with Crippen molar-refractivity contribution in [3.05, 3.63) is 28.2 Å². The normalized spacial score (nSPS) is 14.8. The van der Waals surface area contributed by atoms with Crippen LogP contribution in [0.4, 0.5) is 0 Å². The predicted octanol–water partition coefficient (Wildman–Crippen LogP) is 7.08. The fraction of sp³-hybridized carbons (Fsp3) is 0.688. The summed E-state index contributed by atoms with van der Waals surface area (Å²) in [5.41, 5.74) is 0.400. The zero-order valence-electron chi connectivity index (χ0n) is 25.5. The molecule has 2 rings (SSSR count). The van der Waals surface area contributed by atoms with Crippen LogP contribution in [0.15, 0.2) is 22.7 Å². The molecule has 8 nitrogen and oxygen atoms in total. The highest BCUT2D eigenvalue weighted by Crippen LogP contribution is 2.26. The van der Waals surface area contributed by atoms with E-state index in [4.69, 9.17) is 21.7 Å². The van der Waals surface area contributed by atoms with Gasteiger partial charge in [0.25, 0.3) is 5.91 Å². The fourth-order valence-corrected chi connectivity index (χ4v) is 5.67. The number of rotatable bonds is 20. The van der Waals surface area contributed by atoms with Crippen molar-refractivity contribution >= 4 is 51.0 Å². The number of carbonyl (C=O) groups excluding carboxylic acids is 3. The number of thiocarbonyl (C=S) groups is 1. The van der Waals surface area contributed by atoms with Gasteiger partial charge in [0.2, 0.25) is 5.91 Å². The van der Waals surface area contributed by atoms with Crippen LogP contribution in [0.25, 0.3) is 0 Å². The van der Waals surface area contributed by atoms with Crippen LogP contribution in [0.5, 0.6) is 5.75 Å². The SMILES string of the molecule is CCCCCCCCCCCCOC(=O)CC1C(=O)NCCN1C(=S)NC(=O)c1ccc(OCCCCCC)c(Br)c1. The van der Waals surface area contributed by atoms with Crippen molar-refractivity contribution in [2.75, 3.05) is 26.3 Å². The average molecular weight is 669 g/mol. The van der Waals surface area contributed by atoms with Gasteiger partial charge in [-0.15, -0.1) is 0 Å². The van der Waals surface area contributed by atoms with Crippen LogP contribution in [0.2, 0.25) is 0 Å².